The van der Waals surface area contributed by atoms with E-state index in [4.69, 9.17) is 4.74 Å². The van der Waals surface area contributed by atoms with Crippen LogP contribution in [0.15, 0.2) is 24.5 Å². The van der Waals surface area contributed by atoms with Gasteiger partial charge in [0.25, 0.3) is 0 Å². The van der Waals surface area contributed by atoms with Crippen LogP contribution in [0.5, 0.6) is 0 Å². The highest BCUT2D eigenvalue weighted by Gasteiger charge is 2.32. The average Bonchev–Trinajstić information content (AvgIpc) is 3.08. The van der Waals surface area contributed by atoms with E-state index in [-0.39, 0.29) is 5.97 Å². The lowest BCUT2D eigenvalue weighted by molar-refractivity contribution is -0.157. The van der Waals surface area contributed by atoms with E-state index in [0.717, 1.165) is 18.4 Å². The van der Waals surface area contributed by atoms with Crippen molar-refractivity contribution in [2.45, 2.75) is 51.3 Å². The molecule has 1 N–H and O–H groups in total. The molecular formula is C14H20N2O2. The third-order valence-electron chi connectivity index (χ3n) is 2.64. The number of ether oxygens (including phenoxy) is 1. The molecule has 1 atom stereocenters. The van der Waals surface area contributed by atoms with Gasteiger partial charge in [0, 0.05) is 18.4 Å². The van der Waals surface area contributed by atoms with Crippen LogP contribution in [-0.2, 0) is 9.53 Å². The van der Waals surface area contributed by atoms with Crippen LogP contribution in [0.4, 0.5) is 0 Å². The maximum atomic E-state index is 12.2. The first-order valence-electron chi connectivity index (χ1n) is 6.34. The monoisotopic (exact) mass is 248 g/mol. The Balaban J connectivity index is 2.11. The zero-order valence-corrected chi connectivity index (χ0v) is 11.1. The highest BCUT2D eigenvalue weighted by molar-refractivity contribution is 5.78. The van der Waals surface area contributed by atoms with Gasteiger partial charge in [0.15, 0.2) is 0 Å². The van der Waals surface area contributed by atoms with Crippen molar-refractivity contribution < 1.29 is 9.53 Å². The number of nitrogens with one attached hydrogen (secondary N) is 1. The first kappa shape index (κ1) is 13.0. The minimum atomic E-state index is -0.469. The summed E-state index contributed by atoms with van der Waals surface area (Å²) >= 11 is 0. The summed E-state index contributed by atoms with van der Waals surface area (Å²) in [7, 11) is 0. The Hall–Kier alpha value is -1.42. The van der Waals surface area contributed by atoms with Gasteiger partial charge in [0.05, 0.1) is 0 Å². The summed E-state index contributed by atoms with van der Waals surface area (Å²) in [5.41, 5.74) is 0.390. The summed E-state index contributed by atoms with van der Waals surface area (Å²) in [5, 5.41) is 3.32. The Labute approximate surface area is 108 Å². The molecule has 1 unspecified atom stereocenters. The van der Waals surface area contributed by atoms with E-state index >= 15 is 0 Å². The molecular weight excluding hydrogens is 228 g/mol. The van der Waals surface area contributed by atoms with Gasteiger partial charge in [-0.2, -0.15) is 0 Å². The van der Waals surface area contributed by atoms with Gasteiger partial charge < -0.3 is 4.74 Å². The second-order valence-electron chi connectivity index (χ2n) is 5.69. The number of hydrogen-bond donors (Lipinski definition) is 1. The Kier molecular flexibility index (Phi) is 3.66. The number of aromatic nitrogens is 1. The van der Waals surface area contributed by atoms with Gasteiger partial charge in [-0.05, 0) is 45.2 Å². The summed E-state index contributed by atoms with van der Waals surface area (Å²) < 4.78 is 5.45. The molecule has 1 saturated carbocycles. The summed E-state index contributed by atoms with van der Waals surface area (Å²) in [6.07, 6.45) is 5.66. The van der Waals surface area contributed by atoms with Crippen LogP contribution in [0.25, 0.3) is 0 Å². The second kappa shape index (κ2) is 5.06. The molecule has 4 heteroatoms. The Bertz CT molecular complexity index is 408. The smallest absolute Gasteiger partial charge is 0.328 e. The van der Waals surface area contributed by atoms with E-state index in [1.165, 1.54) is 0 Å². The van der Waals surface area contributed by atoms with Crippen molar-refractivity contribution in [2.75, 3.05) is 0 Å². The minimum Gasteiger partial charge on any atom is -0.459 e. The number of esters is 1. The lowest BCUT2D eigenvalue weighted by Gasteiger charge is -2.24. The van der Waals surface area contributed by atoms with Gasteiger partial charge in [0.1, 0.15) is 11.6 Å². The van der Waals surface area contributed by atoms with Crippen LogP contribution in [0, 0.1) is 0 Å². The lowest BCUT2D eigenvalue weighted by Crippen LogP contribution is -2.36. The normalized spacial score (nSPS) is 17.3. The zero-order chi connectivity index (χ0) is 13.2. The van der Waals surface area contributed by atoms with E-state index in [0.29, 0.717) is 6.04 Å². The standard InChI is InChI=1S/C14H20N2O2/c1-14(2,3)18-13(17)12(16-11-6-7-11)10-5-4-8-15-9-10/h4-5,8-9,11-12,16H,6-7H2,1-3H3. The molecule has 4 nitrogen and oxygen atoms in total. The van der Waals surface area contributed by atoms with E-state index in [2.05, 4.69) is 10.3 Å². The highest BCUT2D eigenvalue weighted by atomic mass is 16.6. The second-order valence-corrected chi connectivity index (χ2v) is 5.69. The van der Waals surface area contributed by atoms with Crippen molar-refractivity contribution >= 4 is 5.97 Å². The number of rotatable bonds is 4. The van der Waals surface area contributed by atoms with Crippen molar-refractivity contribution in [3.63, 3.8) is 0 Å². The molecule has 1 fully saturated rings. The molecule has 1 heterocycles. The molecule has 98 valence electrons. The number of nitrogens with zero attached hydrogens (tertiary/aromatic N) is 1. The molecule has 2 rings (SSSR count). The van der Waals surface area contributed by atoms with Crippen molar-refractivity contribution in [2.24, 2.45) is 0 Å². The van der Waals surface area contributed by atoms with E-state index < -0.39 is 11.6 Å². The molecule has 1 aliphatic rings. The van der Waals surface area contributed by atoms with Crippen molar-refractivity contribution in [3.05, 3.63) is 30.1 Å². The van der Waals surface area contributed by atoms with Crippen molar-refractivity contribution in [3.8, 4) is 0 Å². The van der Waals surface area contributed by atoms with Gasteiger partial charge in [0.2, 0.25) is 0 Å². The topological polar surface area (TPSA) is 51.2 Å². The van der Waals surface area contributed by atoms with Crippen LogP contribution < -0.4 is 5.32 Å². The fourth-order valence-corrected chi connectivity index (χ4v) is 1.69. The van der Waals surface area contributed by atoms with Gasteiger partial charge in [-0.15, -0.1) is 0 Å². The van der Waals surface area contributed by atoms with Gasteiger partial charge >= 0.3 is 5.97 Å². The molecule has 0 aromatic carbocycles. The van der Waals surface area contributed by atoms with Crippen LogP contribution in [0.2, 0.25) is 0 Å². The molecule has 18 heavy (non-hydrogen) atoms. The zero-order valence-electron chi connectivity index (χ0n) is 11.1. The fraction of sp³-hybridized carbons (Fsp3) is 0.571. The Morgan fingerprint density at radius 1 is 1.50 bits per heavy atom. The highest BCUT2D eigenvalue weighted by Crippen LogP contribution is 2.25. The maximum absolute atomic E-state index is 12.2. The molecule has 0 radical (unpaired) electrons. The van der Waals surface area contributed by atoms with Crippen LogP contribution >= 0.6 is 0 Å². The van der Waals surface area contributed by atoms with Gasteiger partial charge in [-0.1, -0.05) is 6.07 Å². The third-order valence-corrected chi connectivity index (χ3v) is 2.64. The van der Waals surface area contributed by atoms with Crippen molar-refractivity contribution in [1.29, 1.82) is 0 Å². The first-order chi connectivity index (χ1) is 8.46. The molecule has 1 aromatic rings. The summed E-state index contributed by atoms with van der Waals surface area (Å²) in [6, 6.07) is 3.76. The molecule has 0 aliphatic heterocycles. The predicted molar refractivity (Wildman–Crippen MR) is 69.0 cm³/mol. The van der Waals surface area contributed by atoms with E-state index in [9.17, 15) is 4.79 Å². The molecule has 1 aromatic heterocycles. The molecule has 0 bridgehead atoms. The summed E-state index contributed by atoms with van der Waals surface area (Å²) in [5.74, 6) is -0.234. The SMILES string of the molecule is CC(C)(C)OC(=O)C(NC1CC1)c1cccnc1. The molecule has 0 saturated heterocycles. The number of hydrogen-bond acceptors (Lipinski definition) is 4. The fourth-order valence-electron chi connectivity index (χ4n) is 1.69. The Morgan fingerprint density at radius 3 is 2.72 bits per heavy atom. The van der Waals surface area contributed by atoms with E-state index in [1.807, 2.05) is 32.9 Å². The average molecular weight is 248 g/mol. The third kappa shape index (κ3) is 3.81. The van der Waals surface area contributed by atoms with Gasteiger partial charge in [-0.25, -0.2) is 4.79 Å². The quantitative estimate of drug-likeness (QED) is 0.830. The van der Waals surface area contributed by atoms with Crippen LogP contribution in [-0.4, -0.2) is 22.6 Å². The van der Waals surface area contributed by atoms with Crippen LogP contribution in [0.3, 0.4) is 0 Å². The number of carbonyl (C=O) groups is 1. The first-order valence-corrected chi connectivity index (χ1v) is 6.34. The molecule has 0 amide bonds. The molecule has 1 aliphatic carbocycles. The maximum Gasteiger partial charge on any atom is 0.328 e. The lowest BCUT2D eigenvalue weighted by atomic mass is 10.1. The molecule has 0 spiro atoms. The number of pyridine rings is 1. The van der Waals surface area contributed by atoms with E-state index in [1.54, 1.807) is 12.4 Å². The van der Waals surface area contributed by atoms with Crippen molar-refractivity contribution in [1.82, 2.24) is 10.3 Å². The predicted octanol–water partition coefficient (Wildman–Crippen LogP) is 2.22. The largest absolute Gasteiger partial charge is 0.459 e. The Morgan fingerprint density at radius 2 is 2.22 bits per heavy atom. The minimum absolute atomic E-state index is 0.234. The van der Waals surface area contributed by atoms with Crippen LogP contribution in [0.1, 0.15) is 45.2 Å². The number of carbonyl (C=O) groups excluding carboxylic acids is 1. The summed E-state index contributed by atoms with van der Waals surface area (Å²) in [6.45, 7) is 5.63. The van der Waals surface area contributed by atoms with Gasteiger partial charge in [-0.3, -0.25) is 10.3 Å². The summed E-state index contributed by atoms with van der Waals surface area (Å²) in [4.78, 5) is 16.3.